The van der Waals surface area contributed by atoms with E-state index in [4.69, 9.17) is 5.73 Å². The molecule has 3 rings (SSSR count). The molecule has 0 bridgehead atoms. The number of rotatable bonds is 4. The molecule has 1 atom stereocenters. The van der Waals surface area contributed by atoms with E-state index in [0.717, 1.165) is 13.0 Å². The van der Waals surface area contributed by atoms with Gasteiger partial charge in [0.15, 0.2) is 5.78 Å². The first kappa shape index (κ1) is 16.7. The van der Waals surface area contributed by atoms with Crippen LogP contribution in [0.15, 0.2) is 21.0 Å². The zero-order valence-corrected chi connectivity index (χ0v) is 14.5. The van der Waals surface area contributed by atoms with Gasteiger partial charge in [0, 0.05) is 24.0 Å². The topological polar surface area (TPSA) is 101 Å². The fraction of sp³-hybridized carbons (Fsp3) is 0.438. The highest BCUT2D eigenvalue weighted by Gasteiger charge is 2.28. The molecule has 0 saturated carbocycles. The van der Waals surface area contributed by atoms with Crippen molar-refractivity contribution in [2.75, 3.05) is 18.8 Å². The minimum Gasteiger partial charge on any atom is -0.384 e. The standard InChI is InChI=1S/C16H20N4O3S/c1-3-20-14(17)13(15(22)18-16(20)23)11(21)8-19-6-4-12-10(9(19)2)5-7-24-12/h5,7,9H,3-4,6,8,17H2,1-2H3,(H,18,22,23). The van der Waals surface area contributed by atoms with Crippen molar-refractivity contribution >= 4 is 22.9 Å². The summed E-state index contributed by atoms with van der Waals surface area (Å²) in [6.45, 7) is 4.94. The minimum atomic E-state index is -0.715. The number of nitrogens with one attached hydrogen (secondary N) is 1. The molecular weight excluding hydrogens is 328 g/mol. The van der Waals surface area contributed by atoms with Crippen LogP contribution >= 0.6 is 11.3 Å². The van der Waals surface area contributed by atoms with Gasteiger partial charge in [-0.3, -0.25) is 24.0 Å². The van der Waals surface area contributed by atoms with E-state index >= 15 is 0 Å². The Bertz CT molecular complexity index is 895. The molecule has 1 aliphatic rings. The number of nitrogens with two attached hydrogens (primary N) is 1. The van der Waals surface area contributed by atoms with Crippen LogP contribution in [-0.4, -0.2) is 33.3 Å². The van der Waals surface area contributed by atoms with Crippen LogP contribution in [0.4, 0.5) is 5.82 Å². The summed E-state index contributed by atoms with van der Waals surface area (Å²) < 4.78 is 1.20. The van der Waals surface area contributed by atoms with Crippen LogP contribution in [0.3, 0.4) is 0 Å². The van der Waals surface area contributed by atoms with Crippen molar-refractivity contribution in [3.63, 3.8) is 0 Å². The molecule has 2 aromatic heterocycles. The van der Waals surface area contributed by atoms with E-state index in [1.807, 2.05) is 4.90 Å². The summed E-state index contributed by atoms with van der Waals surface area (Å²) in [5.41, 5.74) is 5.71. The van der Waals surface area contributed by atoms with E-state index < -0.39 is 11.2 Å². The lowest BCUT2D eigenvalue weighted by Gasteiger charge is -2.33. The number of hydrogen-bond acceptors (Lipinski definition) is 6. The molecule has 3 heterocycles. The maximum absolute atomic E-state index is 12.7. The molecule has 0 radical (unpaired) electrons. The second kappa shape index (κ2) is 6.37. The average Bonchev–Trinajstić information content (AvgIpc) is 2.99. The van der Waals surface area contributed by atoms with Crippen molar-refractivity contribution in [3.8, 4) is 0 Å². The number of aromatic amines is 1. The number of thiophene rings is 1. The zero-order valence-electron chi connectivity index (χ0n) is 13.7. The van der Waals surface area contributed by atoms with Gasteiger partial charge in [0.05, 0.1) is 6.54 Å². The first-order chi connectivity index (χ1) is 11.4. The quantitative estimate of drug-likeness (QED) is 0.803. The Labute approximate surface area is 142 Å². The van der Waals surface area contributed by atoms with Gasteiger partial charge in [-0.15, -0.1) is 11.3 Å². The molecule has 0 saturated heterocycles. The number of ketones is 1. The Balaban J connectivity index is 1.89. The zero-order chi connectivity index (χ0) is 17.4. The third-order valence-corrected chi connectivity index (χ3v) is 5.58. The maximum Gasteiger partial charge on any atom is 0.329 e. The SMILES string of the molecule is CCn1c(N)c(C(=O)CN2CCc3sccc3C2C)c(=O)[nH]c1=O. The summed E-state index contributed by atoms with van der Waals surface area (Å²) in [6, 6.07) is 2.20. The normalized spacial score (nSPS) is 17.7. The number of hydrogen-bond donors (Lipinski definition) is 2. The Morgan fingerprint density at radius 1 is 1.46 bits per heavy atom. The van der Waals surface area contributed by atoms with Crippen molar-refractivity contribution in [1.82, 2.24) is 14.5 Å². The first-order valence-corrected chi connectivity index (χ1v) is 8.78. The summed E-state index contributed by atoms with van der Waals surface area (Å²) in [4.78, 5) is 42.0. The second-order valence-electron chi connectivity index (χ2n) is 5.88. The number of fused-ring (bicyclic) bond motifs is 1. The van der Waals surface area contributed by atoms with Gasteiger partial charge in [-0.05, 0) is 37.3 Å². The smallest absolute Gasteiger partial charge is 0.329 e. The van der Waals surface area contributed by atoms with Gasteiger partial charge in [0.1, 0.15) is 11.4 Å². The molecule has 128 valence electrons. The summed E-state index contributed by atoms with van der Waals surface area (Å²) >= 11 is 1.73. The minimum absolute atomic E-state index is 0.0582. The fourth-order valence-corrected chi connectivity index (χ4v) is 4.17. The molecule has 0 amide bonds. The molecule has 0 aliphatic carbocycles. The molecule has 2 aromatic rings. The molecule has 7 nitrogen and oxygen atoms in total. The van der Waals surface area contributed by atoms with Gasteiger partial charge in [-0.25, -0.2) is 4.79 Å². The van der Waals surface area contributed by atoms with Gasteiger partial charge < -0.3 is 5.73 Å². The number of carbonyl (C=O) groups excluding carboxylic acids is 1. The van der Waals surface area contributed by atoms with E-state index in [0.29, 0.717) is 6.54 Å². The van der Waals surface area contributed by atoms with E-state index in [2.05, 4.69) is 23.4 Å². The Morgan fingerprint density at radius 2 is 2.21 bits per heavy atom. The fourth-order valence-electron chi connectivity index (χ4n) is 3.21. The van der Waals surface area contributed by atoms with Crippen molar-refractivity contribution in [2.24, 2.45) is 0 Å². The lowest BCUT2D eigenvalue weighted by atomic mass is 10.0. The van der Waals surface area contributed by atoms with E-state index in [1.54, 1.807) is 18.3 Å². The molecule has 0 fully saturated rings. The van der Waals surface area contributed by atoms with E-state index in [-0.39, 0.29) is 29.8 Å². The monoisotopic (exact) mass is 348 g/mol. The van der Waals surface area contributed by atoms with Gasteiger partial charge in [-0.2, -0.15) is 0 Å². The maximum atomic E-state index is 12.7. The molecule has 3 N–H and O–H groups in total. The number of nitrogens with zero attached hydrogens (tertiary/aromatic N) is 2. The van der Waals surface area contributed by atoms with Crippen LogP contribution in [0.25, 0.3) is 0 Å². The highest BCUT2D eigenvalue weighted by Crippen LogP contribution is 2.32. The molecule has 0 spiro atoms. The van der Waals surface area contributed by atoms with Gasteiger partial charge in [-0.1, -0.05) is 0 Å². The van der Waals surface area contributed by atoms with Crippen LogP contribution in [0.5, 0.6) is 0 Å². The summed E-state index contributed by atoms with van der Waals surface area (Å²) in [7, 11) is 0. The number of anilines is 1. The highest BCUT2D eigenvalue weighted by atomic mass is 32.1. The Kier molecular flexibility index (Phi) is 4.42. The van der Waals surface area contributed by atoms with Gasteiger partial charge in [0.2, 0.25) is 0 Å². The number of aromatic nitrogens is 2. The number of H-pyrrole nitrogens is 1. The molecule has 1 aliphatic heterocycles. The summed E-state index contributed by atoms with van der Waals surface area (Å²) in [6.07, 6.45) is 0.894. The lowest BCUT2D eigenvalue weighted by Crippen LogP contribution is -2.41. The highest BCUT2D eigenvalue weighted by molar-refractivity contribution is 7.10. The number of nitrogen functional groups attached to an aromatic ring is 1. The predicted octanol–water partition coefficient (Wildman–Crippen LogP) is 1.00. The largest absolute Gasteiger partial charge is 0.384 e. The second-order valence-corrected chi connectivity index (χ2v) is 6.88. The molecule has 0 aromatic carbocycles. The van der Waals surface area contributed by atoms with Crippen LogP contribution in [0.1, 0.15) is 40.7 Å². The van der Waals surface area contributed by atoms with E-state index in [9.17, 15) is 14.4 Å². The van der Waals surface area contributed by atoms with Crippen molar-refractivity contribution in [3.05, 3.63) is 48.3 Å². The number of Topliss-reactive ketones (excluding diaryl/α,β-unsaturated/α-hetero) is 1. The number of carbonyl (C=O) groups is 1. The Morgan fingerprint density at radius 3 is 2.92 bits per heavy atom. The molecule has 1 unspecified atom stereocenters. The van der Waals surface area contributed by atoms with Crippen molar-refractivity contribution < 1.29 is 4.79 Å². The molecule has 8 heteroatoms. The Hall–Kier alpha value is -2.19. The van der Waals surface area contributed by atoms with Crippen LogP contribution < -0.4 is 17.0 Å². The first-order valence-electron chi connectivity index (χ1n) is 7.90. The van der Waals surface area contributed by atoms with Crippen LogP contribution in [0.2, 0.25) is 0 Å². The predicted molar refractivity (Wildman–Crippen MR) is 93.8 cm³/mol. The summed E-state index contributed by atoms with van der Waals surface area (Å²) in [5.74, 6) is -0.418. The van der Waals surface area contributed by atoms with Gasteiger partial charge >= 0.3 is 5.69 Å². The van der Waals surface area contributed by atoms with Crippen LogP contribution in [0, 0.1) is 0 Å². The molecule has 24 heavy (non-hydrogen) atoms. The third kappa shape index (κ3) is 2.71. The van der Waals surface area contributed by atoms with Gasteiger partial charge in [0.25, 0.3) is 5.56 Å². The molecular formula is C16H20N4O3S. The lowest BCUT2D eigenvalue weighted by molar-refractivity contribution is 0.0890. The average molecular weight is 348 g/mol. The summed E-state index contributed by atoms with van der Waals surface area (Å²) in [5, 5.41) is 2.06. The van der Waals surface area contributed by atoms with Crippen molar-refractivity contribution in [2.45, 2.75) is 32.9 Å². The third-order valence-electron chi connectivity index (χ3n) is 4.59. The van der Waals surface area contributed by atoms with E-state index in [1.165, 1.54) is 15.0 Å². The van der Waals surface area contributed by atoms with Crippen LogP contribution in [-0.2, 0) is 13.0 Å². The van der Waals surface area contributed by atoms with Crippen molar-refractivity contribution in [1.29, 1.82) is 0 Å².